The third-order valence-electron chi connectivity index (χ3n) is 2.09. The number of halogens is 1. The van der Waals surface area contributed by atoms with E-state index in [-0.39, 0.29) is 0 Å². The molecule has 1 aromatic heterocycles. The fraction of sp³-hybridized carbons (Fsp3) is 0.182. The van der Waals surface area contributed by atoms with Crippen LogP contribution in [0.15, 0.2) is 24.4 Å². The molecule has 72 valence electrons. The second-order valence-corrected chi connectivity index (χ2v) is 4.87. The van der Waals surface area contributed by atoms with Crippen LogP contribution in [0.2, 0.25) is 5.02 Å². The van der Waals surface area contributed by atoms with Gasteiger partial charge in [-0.2, -0.15) is 0 Å². The zero-order valence-electron chi connectivity index (χ0n) is 8.04. The average Bonchev–Trinajstić information content (AvgIpc) is 2.56. The number of benzene rings is 1. The third-order valence-corrected chi connectivity index (χ3v) is 3.27. The van der Waals surface area contributed by atoms with Crippen molar-refractivity contribution in [1.82, 2.24) is 4.98 Å². The van der Waals surface area contributed by atoms with Gasteiger partial charge in [-0.1, -0.05) is 17.7 Å². The summed E-state index contributed by atoms with van der Waals surface area (Å²) >= 11 is 7.65. The van der Waals surface area contributed by atoms with E-state index < -0.39 is 0 Å². The number of rotatable bonds is 1. The number of hydrogen-bond donors (Lipinski definition) is 0. The zero-order valence-corrected chi connectivity index (χ0v) is 9.62. The Balaban J connectivity index is 2.55. The van der Waals surface area contributed by atoms with Crippen molar-refractivity contribution >= 4 is 22.9 Å². The Morgan fingerprint density at radius 3 is 2.71 bits per heavy atom. The van der Waals surface area contributed by atoms with E-state index in [1.807, 2.05) is 31.3 Å². The predicted molar refractivity (Wildman–Crippen MR) is 62.0 cm³/mol. The molecule has 0 unspecified atom stereocenters. The van der Waals surface area contributed by atoms with Gasteiger partial charge < -0.3 is 0 Å². The minimum atomic E-state index is 0.775. The van der Waals surface area contributed by atoms with E-state index in [9.17, 15) is 0 Å². The van der Waals surface area contributed by atoms with Gasteiger partial charge in [0, 0.05) is 11.2 Å². The van der Waals surface area contributed by atoms with Crippen molar-refractivity contribution in [2.24, 2.45) is 0 Å². The van der Waals surface area contributed by atoms with Gasteiger partial charge in [0.25, 0.3) is 0 Å². The molecule has 0 radical (unpaired) electrons. The fourth-order valence-corrected chi connectivity index (χ4v) is 2.38. The predicted octanol–water partition coefficient (Wildman–Crippen LogP) is 4.08. The van der Waals surface area contributed by atoms with E-state index in [1.54, 1.807) is 11.3 Å². The van der Waals surface area contributed by atoms with Crippen LogP contribution in [0.5, 0.6) is 0 Å². The Labute approximate surface area is 92.4 Å². The molecule has 0 saturated heterocycles. The monoisotopic (exact) mass is 223 g/mol. The van der Waals surface area contributed by atoms with E-state index in [0.29, 0.717) is 0 Å². The molecule has 2 rings (SSSR count). The fourth-order valence-electron chi connectivity index (χ4n) is 1.35. The van der Waals surface area contributed by atoms with Crippen LogP contribution in [0.4, 0.5) is 0 Å². The lowest BCUT2D eigenvalue weighted by molar-refractivity contribution is 1.30. The number of aromatic nitrogens is 1. The van der Waals surface area contributed by atoms with E-state index in [0.717, 1.165) is 10.0 Å². The Bertz CT molecular complexity index is 462. The maximum Gasteiger partial charge on any atom is 0.0900 e. The molecule has 1 heterocycles. The second-order valence-electron chi connectivity index (χ2n) is 3.20. The van der Waals surface area contributed by atoms with Gasteiger partial charge in [0.05, 0.1) is 9.88 Å². The van der Waals surface area contributed by atoms with E-state index in [1.165, 1.54) is 16.0 Å². The maximum absolute atomic E-state index is 5.96. The maximum atomic E-state index is 5.96. The van der Waals surface area contributed by atoms with Crippen LogP contribution in [0.3, 0.4) is 0 Å². The summed E-state index contributed by atoms with van der Waals surface area (Å²) in [4.78, 5) is 5.42. The highest BCUT2D eigenvalue weighted by atomic mass is 35.5. The highest BCUT2D eigenvalue weighted by Gasteiger charge is 2.05. The van der Waals surface area contributed by atoms with Gasteiger partial charge in [-0.3, -0.25) is 0 Å². The number of thiazole rings is 1. The number of hydrogen-bond acceptors (Lipinski definition) is 2. The van der Waals surface area contributed by atoms with Crippen LogP contribution in [0, 0.1) is 13.8 Å². The Hall–Kier alpha value is -0.860. The number of aryl methyl sites for hydroxylation is 2. The highest BCUT2D eigenvalue weighted by molar-refractivity contribution is 7.15. The normalized spacial score (nSPS) is 10.5. The molecule has 0 bridgehead atoms. The molecule has 2 aromatic rings. The summed E-state index contributed by atoms with van der Waals surface area (Å²) < 4.78 is 0. The van der Waals surface area contributed by atoms with Crippen molar-refractivity contribution in [2.45, 2.75) is 13.8 Å². The summed E-state index contributed by atoms with van der Waals surface area (Å²) in [7, 11) is 0. The first-order valence-corrected chi connectivity index (χ1v) is 5.55. The summed E-state index contributed by atoms with van der Waals surface area (Å²) in [6.45, 7) is 4.09. The molecule has 0 aliphatic heterocycles. The molecule has 0 saturated carbocycles. The molecular formula is C11H10ClNS. The molecule has 0 N–H and O–H groups in total. The van der Waals surface area contributed by atoms with Crippen LogP contribution in [-0.4, -0.2) is 4.98 Å². The SMILES string of the molecule is Cc1ncc(-c2cc(Cl)ccc2C)s1. The Kier molecular flexibility index (Phi) is 2.57. The van der Waals surface area contributed by atoms with Gasteiger partial charge >= 0.3 is 0 Å². The Morgan fingerprint density at radius 1 is 1.29 bits per heavy atom. The Morgan fingerprint density at radius 2 is 2.07 bits per heavy atom. The van der Waals surface area contributed by atoms with Gasteiger partial charge in [0.1, 0.15) is 0 Å². The molecule has 0 aliphatic carbocycles. The molecule has 0 aliphatic rings. The summed E-state index contributed by atoms with van der Waals surface area (Å²) in [5.74, 6) is 0. The van der Waals surface area contributed by atoms with Gasteiger partial charge in [-0.15, -0.1) is 11.3 Å². The van der Waals surface area contributed by atoms with Crippen LogP contribution in [-0.2, 0) is 0 Å². The van der Waals surface area contributed by atoms with Crippen LogP contribution >= 0.6 is 22.9 Å². The topological polar surface area (TPSA) is 12.9 Å². The highest BCUT2D eigenvalue weighted by Crippen LogP contribution is 2.30. The minimum Gasteiger partial charge on any atom is -0.249 e. The smallest absolute Gasteiger partial charge is 0.0900 e. The second kappa shape index (κ2) is 3.71. The van der Waals surface area contributed by atoms with Crippen molar-refractivity contribution in [3.63, 3.8) is 0 Å². The van der Waals surface area contributed by atoms with Gasteiger partial charge in [0.2, 0.25) is 0 Å². The molecular weight excluding hydrogens is 214 g/mol. The first-order valence-electron chi connectivity index (χ1n) is 4.36. The van der Waals surface area contributed by atoms with Crippen molar-refractivity contribution in [3.8, 4) is 10.4 Å². The van der Waals surface area contributed by atoms with Crippen LogP contribution < -0.4 is 0 Å². The van der Waals surface area contributed by atoms with Crippen molar-refractivity contribution in [2.75, 3.05) is 0 Å². The zero-order chi connectivity index (χ0) is 10.1. The lowest BCUT2D eigenvalue weighted by atomic mass is 10.1. The van der Waals surface area contributed by atoms with Gasteiger partial charge in [-0.05, 0) is 37.1 Å². The summed E-state index contributed by atoms with van der Waals surface area (Å²) in [5, 5.41) is 1.86. The average molecular weight is 224 g/mol. The molecule has 0 spiro atoms. The molecule has 0 atom stereocenters. The van der Waals surface area contributed by atoms with Crippen LogP contribution in [0.25, 0.3) is 10.4 Å². The van der Waals surface area contributed by atoms with E-state index in [4.69, 9.17) is 11.6 Å². The van der Waals surface area contributed by atoms with Crippen molar-refractivity contribution in [1.29, 1.82) is 0 Å². The molecule has 3 heteroatoms. The lowest BCUT2D eigenvalue weighted by Crippen LogP contribution is -1.79. The third kappa shape index (κ3) is 1.81. The van der Waals surface area contributed by atoms with E-state index >= 15 is 0 Å². The largest absolute Gasteiger partial charge is 0.249 e. The standard InChI is InChI=1S/C11H10ClNS/c1-7-3-4-9(12)5-10(7)11-6-13-8(2)14-11/h3-6H,1-2H3. The van der Waals surface area contributed by atoms with E-state index in [2.05, 4.69) is 11.9 Å². The van der Waals surface area contributed by atoms with Gasteiger partial charge in [0.15, 0.2) is 0 Å². The summed E-state index contributed by atoms with van der Waals surface area (Å²) in [6, 6.07) is 5.94. The molecule has 0 amide bonds. The molecule has 0 fully saturated rings. The van der Waals surface area contributed by atoms with Crippen LogP contribution in [0.1, 0.15) is 10.6 Å². The minimum absolute atomic E-state index is 0.775. The lowest BCUT2D eigenvalue weighted by Gasteiger charge is -2.02. The molecule has 14 heavy (non-hydrogen) atoms. The van der Waals surface area contributed by atoms with Crippen molar-refractivity contribution in [3.05, 3.63) is 40.0 Å². The summed E-state index contributed by atoms with van der Waals surface area (Å²) in [5.41, 5.74) is 2.42. The van der Waals surface area contributed by atoms with Crippen molar-refractivity contribution < 1.29 is 0 Å². The first-order chi connectivity index (χ1) is 6.66. The van der Waals surface area contributed by atoms with Gasteiger partial charge in [-0.25, -0.2) is 4.98 Å². The molecule has 1 aromatic carbocycles. The molecule has 1 nitrogen and oxygen atoms in total. The quantitative estimate of drug-likeness (QED) is 0.710. The first kappa shape index (κ1) is 9.69. The number of nitrogens with zero attached hydrogens (tertiary/aromatic N) is 1. The summed E-state index contributed by atoms with van der Waals surface area (Å²) in [6.07, 6.45) is 1.90.